The third kappa shape index (κ3) is 2.60. The number of carbonyl (C=O) groups is 1. The maximum atomic E-state index is 11.9. The molecule has 0 bridgehead atoms. The van der Waals surface area contributed by atoms with Crippen molar-refractivity contribution in [1.82, 2.24) is 5.32 Å². The maximum absolute atomic E-state index is 11.9. The first kappa shape index (κ1) is 13.7. The minimum atomic E-state index is -0.247. The van der Waals surface area contributed by atoms with Gasteiger partial charge in [0.1, 0.15) is 0 Å². The molecule has 3 rings (SSSR count). The summed E-state index contributed by atoms with van der Waals surface area (Å²) in [5.74, 6) is -0.00669. The lowest BCUT2D eigenvalue weighted by atomic mass is 9.95. The molecule has 20 heavy (non-hydrogen) atoms. The first-order chi connectivity index (χ1) is 9.65. The summed E-state index contributed by atoms with van der Waals surface area (Å²) in [7, 11) is 0. The fraction of sp³-hybridized carbons (Fsp3) is 0.188. The fourth-order valence-corrected chi connectivity index (χ4v) is 2.96. The Morgan fingerprint density at radius 1 is 1.10 bits per heavy atom. The highest BCUT2D eigenvalue weighted by molar-refractivity contribution is 9.10. The molecule has 4 heteroatoms. The standard InChI is InChI=1S/C16H13BrClNO/c17-13-5-3-11(4-6-13)15(18)12-2-1-10-7-8-19-16(20)14(10)9-12/h1-6,9,15H,7-8H2,(H,19,20). The second-order valence-electron chi connectivity index (χ2n) is 4.84. The summed E-state index contributed by atoms with van der Waals surface area (Å²) in [6, 6.07) is 13.8. The van der Waals surface area contributed by atoms with Crippen LogP contribution in [0.1, 0.15) is 32.4 Å². The van der Waals surface area contributed by atoms with Crippen molar-refractivity contribution in [2.75, 3.05) is 6.54 Å². The Bertz CT molecular complexity index is 654. The number of halogens is 2. The molecule has 0 saturated carbocycles. The number of nitrogens with one attached hydrogen (secondary N) is 1. The van der Waals surface area contributed by atoms with Crippen LogP contribution in [0.4, 0.5) is 0 Å². The molecule has 0 spiro atoms. The third-order valence-corrected chi connectivity index (χ3v) is 4.55. The zero-order chi connectivity index (χ0) is 14.1. The van der Waals surface area contributed by atoms with Crippen molar-refractivity contribution < 1.29 is 4.79 Å². The molecule has 1 aliphatic rings. The van der Waals surface area contributed by atoms with Crippen molar-refractivity contribution in [3.8, 4) is 0 Å². The van der Waals surface area contributed by atoms with Crippen LogP contribution >= 0.6 is 27.5 Å². The molecule has 0 fully saturated rings. The first-order valence-corrected chi connectivity index (χ1v) is 7.68. The lowest BCUT2D eigenvalue weighted by Crippen LogP contribution is -2.31. The van der Waals surface area contributed by atoms with Gasteiger partial charge >= 0.3 is 0 Å². The van der Waals surface area contributed by atoms with Gasteiger partial charge in [0.25, 0.3) is 5.91 Å². The Hall–Kier alpha value is -1.32. The van der Waals surface area contributed by atoms with Gasteiger partial charge in [0.15, 0.2) is 0 Å². The van der Waals surface area contributed by atoms with Crippen LogP contribution in [0, 0.1) is 0 Å². The lowest BCUT2D eigenvalue weighted by Gasteiger charge is -2.19. The average molecular weight is 351 g/mol. The van der Waals surface area contributed by atoms with E-state index < -0.39 is 0 Å². The van der Waals surface area contributed by atoms with Gasteiger partial charge in [-0.05, 0) is 41.3 Å². The Morgan fingerprint density at radius 3 is 2.55 bits per heavy atom. The predicted octanol–water partition coefficient (Wildman–Crippen LogP) is 4.06. The van der Waals surface area contributed by atoms with E-state index in [9.17, 15) is 4.79 Å². The van der Waals surface area contributed by atoms with Crippen LogP contribution in [0.15, 0.2) is 46.9 Å². The number of alkyl halides is 1. The summed E-state index contributed by atoms with van der Waals surface area (Å²) < 4.78 is 1.02. The summed E-state index contributed by atoms with van der Waals surface area (Å²) in [5.41, 5.74) is 3.81. The fourth-order valence-electron chi connectivity index (χ4n) is 2.41. The van der Waals surface area contributed by atoms with Gasteiger partial charge in [-0.25, -0.2) is 0 Å². The van der Waals surface area contributed by atoms with Crippen LogP contribution in [0.3, 0.4) is 0 Å². The molecule has 2 nitrogen and oxygen atoms in total. The smallest absolute Gasteiger partial charge is 0.251 e. The molecule has 1 aliphatic heterocycles. The molecule has 1 heterocycles. The number of hydrogen-bond acceptors (Lipinski definition) is 1. The molecule has 1 amide bonds. The van der Waals surface area contributed by atoms with Gasteiger partial charge in [-0.1, -0.05) is 40.2 Å². The number of hydrogen-bond donors (Lipinski definition) is 1. The first-order valence-electron chi connectivity index (χ1n) is 6.46. The normalized spacial score (nSPS) is 15.4. The van der Waals surface area contributed by atoms with Gasteiger partial charge in [-0.2, -0.15) is 0 Å². The van der Waals surface area contributed by atoms with Gasteiger partial charge in [-0.3, -0.25) is 4.79 Å². The van der Waals surface area contributed by atoms with Crippen molar-refractivity contribution in [3.05, 3.63) is 69.2 Å². The van der Waals surface area contributed by atoms with E-state index in [0.29, 0.717) is 6.54 Å². The van der Waals surface area contributed by atoms with E-state index in [1.165, 1.54) is 0 Å². The average Bonchev–Trinajstić information content (AvgIpc) is 2.47. The highest BCUT2D eigenvalue weighted by Crippen LogP contribution is 2.31. The van der Waals surface area contributed by atoms with E-state index >= 15 is 0 Å². The molecule has 0 aromatic heterocycles. The van der Waals surface area contributed by atoms with E-state index in [1.54, 1.807) is 0 Å². The van der Waals surface area contributed by atoms with Crippen molar-refractivity contribution >= 4 is 33.4 Å². The SMILES string of the molecule is O=C1NCCc2ccc(C(Cl)c3ccc(Br)cc3)cc21. The van der Waals surface area contributed by atoms with Crippen LogP contribution in [-0.2, 0) is 6.42 Å². The lowest BCUT2D eigenvalue weighted by molar-refractivity contribution is 0.0946. The second kappa shape index (κ2) is 5.58. The van der Waals surface area contributed by atoms with Gasteiger partial charge in [0, 0.05) is 16.6 Å². The van der Waals surface area contributed by atoms with Gasteiger partial charge in [0.05, 0.1) is 5.38 Å². The van der Waals surface area contributed by atoms with Gasteiger partial charge < -0.3 is 5.32 Å². The zero-order valence-electron chi connectivity index (χ0n) is 10.7. The molecule has 1 unspecified atom stereocenters. The molecule has 0 radical (unpaired) electrons. The van der Waals surface area contributed by atoms with E-state index in [1.807, 2.05) is 42.5 Å². The number of rotatable bonds is 2. The van der Waals surface area contributed by atoms with E-state index in [-0.39, 0.29) is 11.3 Å². The molecule has 1 N–H and O–H groups in total. The second-order valence-corrected chi connectivity index (χ2v) is 6.19. The van der Waals surface area contributed by atoms with Crippen LogP contribution in [-0.4, -0.2) is 12.5 Å². The van der Waals surface area contributed by atoms with Crippen molar-refractivity contribution in [1.29, 1.82) is 0 Å². The van der Waals surface area contributed by atoms with Crippen LogP contribution in [0.2, 0.25) is 0 Å². The molecule has 1 atom stereocenters. The van der Waals surface area contributed by atoms with Crippen molar-refractivity contribution in [2.24, 2.45) is 0 Å². The summed E-state index contributed by atoms with van der Waals surface area (Å²) in [4.78, 5) is 11.9. The van der Waals surface area contributed by atoms with E-state index in [0.717, 1.165) is 33.1 Å². The Kier molecular flexibility index (Phi) is 3.81. The van der Waals surface area contributed by atoms with Crippen LogP contribution in [0.5, 0.6) is 0 Å². The molecule has 2 aromatic rings. The van der Waals surface area contributed by atoms with E-state index in [2.05, 4.69) is 21.2 Å². The monoisotopic (exact) mass is 349 g/mol. The maximum Gasteiger partial charge on any atom is 0.251 e. The number of benzene rings is 2. The predicted molar refractivity (Wildman–Crippen MR) is 84.3 cm³/mol. The highest BCUT2D eigenvalue weighted by Gasteiger charge is 2.19. The Balaban J connectivity index is 1.96. The summed E-state index contributed by atoms with van der Waals surface area (Å²) >= 11 is 9.94. The van der Waals surface area contributed by atoms with Gasteiger partial charge in [0.2, 0.25) is 0 Å². The third-order valence-electron chi connectivity index (χ3n) is 3.51. The summed E-state index contributed by atoms with van der Waals surface area (Å²) in [6.45, 7) is 0.711. The zero-order valence-corrected chi connectivity index (χ0v) is 13.0. The molecule has 0 saturated heterocycles. The van der Waals surface area contributed by atoms with Gasteiger partial charge in [-0.15, -0.1) is 11.6 Å². The minimum absolute atomic E-state index is 0.00669. The Morgan fingerprint density at radius 2 is 1.80 bits per heavy atom. The molecule has 102 valence electrons. The summed E-state index contributed by atoms with van der Waals surface area (Å²) in [5, 5.41) is 2.62. The van der Waals surface area contributed by atoms with E-state index in [4.69, 9.17) is 11.6 Å². The quantitative estimate of drug-likeness (QED) is 0.813. The highest BCUT2D eigenvalue weighted by atomic mass is 79.9. The summed E-state index contributed by atoms with van der Waals surface area (Å²) in [6.07, 6.45) is 0.882. The number of amides is 1. The Labute approximate surface area is 131 Å². The van der Waals surface area contributed by atoms with Crippen molar-refractivity contribution in [3.63, 3.8) is 0 Å². The minimum Gasteiger partial charge on any atom is -0.352 e. The molecule has 2 aromatic carbocycles. The number of fused-ring (bicyclic) bond motifs is 1. The van der Waals surface area contributed by atoms with Crippen molar-refractivity contribution in [2.45, 2.75) is 11.8 Å². The van der Waals surface area contributed by atoms with Crippen LogP contribution < -0.4 is 5.32 Å². The molecule has 0 aliphatic carbocycles. The molecular formula is C16H13BrClNO. The largest absolute Gasteiger partial charge is 0.352 e. The van der Waals surface area contributed by atoms with Crippen LogP contribution in [0.25, 0.3) is 0 Å². The topological polar surface area (TPSA) is 29.1 Å². The molecular weight excluding hydrogens is 338 g/mol. The number of carbonyl (C=O) groups excluding carboxylic acids is 1.